The van der Waals surface area contributed by atoms with E-state index in [4.69, 9.17) is 9.47 Å². The van der Waals surface area contributed by atoms with Crippen LogP contribution in [0, 0.1) is 11.7 Å². The lowest BCUT2D eigenvalue weighted by Gasteiger charge is -2.43. The highest BCUT2D eigenvalue weighted by molar-refractivity contribution is 5.98. The summed E-state index contributed by atoms with van der Waals surface area (Å²) in [5.41, 5.74) is -0.852. The number of carbonyl (C=O) groups is 2. The first-order valence-electron chi connectivity index (χ1n) is 11.3. The molecule has 0 bridgehead atoms. The molecule has 8 heteroatoms. The number of nitrogens with zero attached hydrogens (tertiary/aromatic N) is 2. The van der Waals surface area contributed by atoms with Gasteiger partial charge in [-0.2, -0.15) is 0 Å². The quantitative estimate of drug-likeness (QED) is 0.769. The Morgan fingerprint density at radius 1 is 1.19 bits per heavy atom. The monoisotopic (exact) mass is 433 g/mol. The Morgan fingerprint density at radius 3 is 2.61 bits per heavy atom. The van der Waals surface area contributed by atoms with Crippen LogP contribution < -0.4 is 5.32 Å². The molecule has 2 amide bonds. The van der Waals surface area contributed by atoms with Crippen molar-refractivity contribution in [2.24, 2.45) is 5.92 Å². The van der Waals surface area contributed by atoms with Crippen LogP contribution in [0.4, 0.5) is 4.39 Å². The lowest BCUT2D eigenvalue weighted by molar-refractivity contribution is -0.128. The molecule has 2 aliphatic heterocycles. The van der Waals surface area contributed by atoms with Crippen LogP contribution in [-0.4, -0.2) is 79.4 Å². The zero-order valence-corrected chi connectivity index (χ0v) is 18.1. The molecule has 31 heavy (non-hydrogen) atoms. The molecule has 2 heterocycles. The largest absolute Gasteiger partial charge is 0.379 e. The fraction of sp³-hybridized carbons (Fsp3) is 0.652. The van der Waals surface area contributed by atoms with Crippen molar-refractivity contribution in [2.75, 3.05) is 46.0 Å². The number of carbonyl (C=O) groups excluding carboxylic acids is 2. The van der Waals surface area contributed by atoms with E-state index in [1.807, 2.05) is 0 Å². The number of amides is 2. The van der Waals surface area contributed by atoms with Crippen LogP contribution in [0.15, 0.2) is 24.3 Å². The molecule has 1 spiro atoms. The number of hydrogen-bond acceptors (Lipinski definition) is 5. The topological polar surface area (TPSA) is 71.1 Å². The molecule has 4 rings (SSSR count). The zero-order chi connectivity index (χ0) is 21.8. The first kappa shape index (κ1) is 22.2. The SMILES string of the molecule is CC1CCC2(CC1)OCC(C(=O)NCCN1CCOCC1)N2C(=O)c1ccccc1F. The number of morpholine rings is 1. The fourth-order valence-electron chi connectivity index (χ4n) is 4.82. The Morgan fingerprint density at radius 2 is 1.90 bits per heavy atom. The van der Waals surface area contributed by atoms with Crippen LogP contribution in [0.25, 0.3) is 0 Å². The zero-order valence-electron chi connectivity index (χ0n) is 18.1. The van der Waals surface area contributed by atoms with E-state index in [2.05, 4.69) is 17.1 Å². The van der Waals surface area contributed by atoms with E-state index in [1.54, 1.807) is 12.1 Å². The molecule has 1 N–H and O–H groups in total. The molecule has 3 aliphatic rings. The summed E-state index contributed by atoms with van der Waals surface area (Å²) in [4.78, 5) is 30.3. The average molecular weight is 434 g/mol. The third-order valence-electron chi connectivity index (χ3n) is 6.77. The van der Waals surface area contributed by atoms with Crippen molar-refractivity contribution >= 4 is 11.8 Å². The van der Waals surface area contributed by atoms with Gasteiger partial charge in [-0.05, 0) is 43.7 Å². The predicted molar refractivity (Wildman–Crippen MR) is 113 cm³/mol. The number of ether oxygens (including phenoxy) is 2. The normalized spacial score (nSPS) is 29.3. The van der Waals surface area contributed by atoms with E-state index in [0.29, 0.717) is 38.5 Å². The Kier molecular flexibility index (Phi) is 6.89. The summed E-state index contributed by atoms with van der Waals surface area (Å²) < 4.78 is 25.9. The molecule has 3 fully saturated rings. The van der Waals surface area contributed by atoms with E-state index >= 15 is 0 Å². The van der Waals surface area contributed by atoms with E-state index in [-0.39, 0.29) is 18.1 Å². The van der Waals surface area contributed by atoms with Crippen LogP contribution in [0.1, 0.15) is 43.0 Å². The van der Waals surface area contributed by atoms with Gasteiger partial charge < -0.3 is 14.8 Å². The van der Waals surface area contributed by atoms with Crippen molar-refractivity contribution < 1.29 is 23.5 Å². The summed E-state index contributed by atoms with van der Waals surface area (Å²) in [5, 5.41) is 2.96. The molecule has 1 aromatic rings. The number of nitrogens with one attached hydrogen (secondary N) is 1. The number of rotatable bonds is 5. The van der Waals surface area contributed by atoms with Gasteiger partial charge in [0.05, 0.1) is 25.4 Å². The van der Waals surface area contributed by atoms with Crippen LogP contribution in [0.2, 0.25) is 0 Å². The molecule has 1 saturated carbocycles. The maximum atomic E-state index is 14.4. The smallest absolute Gasteiger partial charge is 0.259 e. The highest BCUT2D eigenvalue weighted by atomic mass is 19.1. The van der Waals surface area contributed by atoms with Gasteiger partial charge in [-0.25, -0.2) is 4.39 Å². The molecule has 1 unspecified atom stereocenters. The highest BCUT2D eigenvalue weighted by Gasteiger charge is 2.53. The first-order chi connectivity index (χ1) is 15.0. The summed E-state index contributed by atoms with van der Waals surface area (Å²) in [5.74, 6) is -0.752. The second-order valence-electron chi connectivity index (χ2n) is 8.86. The molecule has 0 radical (unpaired) electrons. The highest BCUT2D eigenvalue weighted by Crippen LogP contribution is 2.43. The van der Waals surface area contributed by atoms with Crippen molar-refractivity contribution in [1.29, 1.82) is 0 Å². The van der Waals surface area contributed by atoms with E-state index in [0.717, 1.165) is 32.5 Å². The number of benzene rings is 1. The minimum absolute atomic E-state index is 0.0166. The van der Waals surface area contributed by atoms with Gasteiger partial charge in [-0.1, -0.05) is 19.1 Å². The van der Waals surface area contributed by atoms with Gasteiger partial charge in [0.25, 0.3) is 5.91 Å². The van der Waals surface area contributed by atoms with Crippen molar-refractivity contribution in [2.45, 2.75) is 44.4 Å². The van der Waals surface area contributed by atoms with Gasteiger partial charge in [-0.15, -0.1) is 0 Å². The molecular weight excluding hydrogens is 401 g/mol. The van der Waals surface area contributed by atoms with Gasteiger partial charge in [0.2, 0.25) is 5.91 Å². The van der Waals surface area contributed by atoms with Gasteiger partial charge in [0, 0.05) is 26.2 Å². The predicted octanol–water partition coefficient (Wildman–Crippen LogP) is 2.02. The van der Waals surface area contributed by atoms with Crippen molar-refractivity contribution in [1.82, 2.24) is 15.1 Å². The summed E-state index contributed by atoms with van der Waals surface area (Å²) in [7, 11) is 0. The molecule has 170 valence electrons. The maximum absolute atomic E-state index is 14.4. The van der Waals surface area contributed by atoms with Crippen molar-refractivity contribution in [3.8, 4) is 0 Å². The minimum Gasteiger partial charge on any atom is -0.379 e. The molecule has 1 aromatic carbocycles. The Bertz CT molecular complexity index is 791. The number of halogens is 1. The van der Waals surface area contributed by atoms with Crippen molar-refractivity contribution in [3.05, 3.63) is 35.6 Å². The summed E-state index contributed by atoms with van der Waals surface area (Å²) in [6.07, 6.45) is 3.14. The van der Waals surface area contributed by atoms with Gasteiger partial charge in [0.1, 0.15) is 17.6 Å². The van der Waals surface area contributed by atoms with Crippen LogP contribution in [0.5, 0.6) is 0 Å². The van der Waals surface area contributed by atoms with E-state index in [9.17, 15) is 14.0 Å². The Labute approximate surface area is 182 Å². The molecule has 2 saturated heterocycles. The number of hydrogen-bond donors (Lipinski definition) is 1. The third kappa shape index (κ3) is 4.76. The Balaban J connectivity index is 1.49. The van der Waals surface area contributed by atoms with Crippen LogP contribution in [0.3, 0.4) is 0 Å². The van der Waals surface area contributed by atoms with Crippen LogP contribution in [-0.2, 0) is 14.3 Å². The summed E-state index contributed by atoms with van der Waals surface area (Å²) in [6, 6.07) is 5.19. The average Bonchev–Trinajstić information content (AvgIpc) is 3.15. The first-order valence-corrected chi connectivity index (χ1v) is 11.3. The van der Waals surface area contributed by atoms with Gasteiger partial charge in [0.15, 0.2) is 0 Å². The molecular formula is C23H32FN3O4. The third-order valence-corrected chi connectivity index (χ3v) is 6.77. The standard InChI is InChI=1S/C23H32FN3O4/c1-17-6-8-23(9-7-17)27(22(29)18-4-2-3-5-19(18)24)20(16-31-23)21(28)25-10-11-26-12-14-30-15-13-26/h2-5,17,20H,6-16H2,1H3,(H,25,28). The lowest BCUT2D eigenvalue weighted by Crippen LogP contribution is -2.57. The minimum atomic E-state index is -0.835. The summed E-state index contributed by atoms with van der Waals surface area (Å²) >= 11 is 0. The van der Waals surface area contributed by atoms with E-state index < -0.39 is 23.5 Å². The Hall–Kier alpha value is -2.03. The molecule has 1 atom stereocenters. The molecule has 7 nitrogen and oxygen atoms in total. The lowest BCUT2D eigenvalue weighted by atomic mass is 9.83. The van der Waals surface area contributed by atoms with Crippen LogP contribution >= 0.6 is 0 Å². The maximum Gasteiger partial charge on any atom is 0.259 e. The van der Waals surface area contributed by atoms with Gasteiger partial charge in [-0.3, -0.25) is 19.4 Å². The van der Waals surface area contributed by atoms with Gasteiger partial charge >= 0.3 is 0 Å². The molecule has 0 aromatic heterocycles. The fourth-order valence-corrected chi connectivity index (χ4v) is 4.82. The second-order valence-corrected chi connectivity index (χ2v) is 8.86. The summed E-state index contributed by atoms with van der Waals surface area (Å²) in [6.45, 7) is 6.64. The van der Waals surface area contributed by atoms with Crippen molar-refractivity contribution in [3.63, 3.8) is 0 Å². The second kappa shape index (κ2) is 9.63. The molecule has 1 aliphatic carbocycles. The van der Waals surface area contributed by atoms with E-state index in [1.165, 1.54) is 17.0 Å².